The summed E-state index contributed by atoms with van der Waals surface area (Å²) in [6.45, 7) is 10.0. The van der Waals surface area contributed by atoms with Crippen molar-refractivity contribution in [3.8, 4) is 0 Å². The number of aryl methyl sites for hydroxylation is 3. The number of carbonyl (C=O) groups excluding carboxylic acids is 1. The number of ether oxygens (including phenoxy) is 1. The number of hydrogen-bond donors (Lipinski definition) is 2. The van der Waals surface area contributed by atoms with Gasteiger partial charge < -0.3 is 14.5 Å². The number of esters is 1. The number of alkyl halides is 6. The van der Waals surface area contributed by atoms with Crippen LogP contribution in [0.2, 0.25) is 0 Å². The Morgan fingerprint density at radius 2 is 1.41 bits per heavy atom. The lowest BCUT2D eigenvalue weighted by molar-refractivity contribution is -0.0435. The first-order chi connectivity index (χ1) is 25.2. The van der Waals surface area contributed by atoms with Gasteiger partial charge >= 0.3 is 37.0 Å². The predicted molar refractivity (Wildman–Crippen MR) is 189 cm³/mol. The van der Waals surface area contributed by atoms with Crippen molar-refractivity contribution in [3.63, 3.8) is 0 Å². The molecule has 2 N–H and O–H groups in total. The molecule has 5 rings (SSSR count). The van der Waals surface area contributed by atoms with Crippen LogP contribution < -0.4 is 19.2 Å². The largest absolute Gasteiger partial charge is 0.516 e. The van der Waals surface area contributed by atoms with E-state index in [1.807, 2.05) is 23.6 Å². The van der Waals surface area contributed by atoms with Gasteiger partial charge in [-0.3, -0.25) is 9.44 Å². The molecule has 2 aliphatic rings. The van der Waals surface area contributed by atoms with Crippen molar-refractivity contribution in [2.75, 3.05) is 52.0 Å². The van der Waals surface area contributed by atoms with E-state index in [9.17, 15) is 48.0 Å². The highest BCUT2D eigenvalue weighted by atomic mass is 32.2. The van der Waals surface area contributed by atoms with Crippen molar-refractivity contribution < 1.29 is 52.7 Å². The van der Waals surface area contributed by atoms with Crippen LogP contribution in [0.5, 0.6) is 0 Å². The Balaban J connectivity index is 0.000000276. The van der Waals surface area contributed by atoms with Crippen LogP contribution in [0, 0.1) is 6.92 Å². The number of sulfonamides is 2. The number of carbonyl (C=O) groups is 1. The Hall–Kier alpha value is -4.73. The zero-order valence-corrected chi connectivity index (χ0v) is 31.2. The molecule has 0 fully saturated rings. The molecule has 2 aliphatic heterocycles. The molecule has 0 spiro atoms. The number of nitrogens with one attached hydrogen (secondary N) is 2. The minimum absolute atomic E-state index is 0.0681. The molecule has 22 heteroatoms. The van der Waals surface area contributed by atoms with Gasteiger partial charge in [0, 0.05) is 43.8 Å². The molecule has 296 valence electrons. The van der Waals surface area contributed by atoms with Gasteiger partial charge in [0.05, 0.1) is 29.2 Å². The molecule has 0 saturated carbocycles. The molecule has 0 aliphatic carbocycles. The highest BCUT2D eigenvalue weighted by molar-refractivity contribution is 7.93. The van der Waals surface area contributed by atoms with E-state index < -0.39 is 37.0 Å². The summed E-state index contributed by atoms with van der Waals surface area (Å²) < 4.78 is 130. The smallest absolute Gasteiger partial charge is 0.462 e. The van der Waals surface area contributed by atoms with Crippen LogP contribution >= 0.6 is 0 Å². The van der Waals surface area contributed by atoms with Gasteiger partial charge in [0.25, 0.3) is 5.95 Å². The lowest BCUT2D eigenvalue weighted by atomic mass is 10.0. The number of halogens is 6. The second-order valence-corrected chi connectivity index (χ2v) is 15.2. The number of aromatic nitrogens is 2. The van der Waals surface area contributed by atoms with Crippen molar-refractivity contribution >= 4 is 60.4 Å². The molecule has 3 aromatic rings. The first kappa shape index (κ1) is 42.0. The number of rotatable bonds is 10. The van der Waals surface area contributed by atoms with Gasteiger partial charge in [0.15, 0.2) is 0 Å². The van der Waals surface area contributed by atoms with E-state index in [4.69, 9.17) is 4.74 Å². The maximum absolute atomic E-state index is 13.0. The van der Waals surface area contributed by atoms with E-state index in [-0.39, 0.29) is 40.9 Å². The fraction of sp³-hybridized carbons (Fsp3) is 0.469. The van der Waals surface area contributed by atoms with Crippen LogP contribution in [-0.2, 0) is 37.6 Å². The maximum Gasteiger partial charge on any atom is 0.516 e. The Morgan fingerprint density at radius 3 is 1.96 bits per heavy atom. The summed E-state index contributed by atoms with van der Waals surface area (Å²) in [5.74, 6) is -0.773. The zero-order chi connectivity index (χ0) is 40.1. The molecular formula is C32H38F6N8O6S2. The van der Waals surface area contributed by atoms with E-state index >= 15 is 0 Å². The minimum Gasteiger partial charge on any atom is -0.462 e. The SMILES string of the molecule is CCN1CCCc2ccc(NS(=O)(=O)C(F)(F)F)cc21.CCOC(=O)c1cnc(N=Nc2cc3c(cc2NS(=O)(=O)C(F)(F)F)N(CC)CCC3)nc1C. The van der Waals surface area contributed by atoms with Gasteiger partial charge in [-0.15, -0.1) is 10.2 Å². The highest BCUT2D eigenvalue weighted by Gasteiger charge is 2.47. The Bertz CT molecular complexity index is 2100. The number of hydrogen-bond acceptors (Lipinski definition) is 12. The fourth-order valence-electron chi connectivity index (χ4n) is 5.66. The molecule has 3 heterocycles. The predicted octanol–water partition coefficient (Wildman–Crippen LogP) is 7.13. The molecule has 0 atom stereocenters. The normalized spacial score (nSPS) is 14.9. The minimum atomic E-state index is -5.69. The van der Waals surface area contributed by atoms with Gasteiger partial charge in [-0.2, -0.15) is 43.2 Å². The number of benzene rings is 2. The van der Waals surface area contributed by atoms with E-state index in [0.29, 0.717) is 25.2 Å². The summed E-state index contributed by atoms with van der Waals surface area (Å²) in [6, 6.07) is 7.31. The van der Waals surface area contributed by atoms with Crippen LogP contribution in [0.1, 0.15) is 60.8 Å². The van der Waals surface area contributed by atoms with Crippen LogP contribution in [0.4, 0.5) is 60.7 Å². The fourth-order valence-corrected chi connectivity index (χ4v) is 6.78. The monoisotopic (exact) mass is 808 g/mol. The van der Waals surface area contributed by atoms with E-state index in [1.165, 1.54) is 37.4 Å². The molecule has 0 unspecified atom stereocenters. The van der Waals surface area contributed by atoms with E-state index in [0.717, 1.165) is 49.2 Å². The molecule has 0 bridgehead atoms. The molecule has 54 heavy (non-hydrogen) atoms. The average Bonchev–Trinajstić information content (AvgIpc) is 3.09. The van der Waals surface area contributed by atoms with Crippen LogP contribution in [0.25, 0.3) is 0 Å². The average molecular weight is 809 g/mol. The number of fused-ring (bicyclic) bond motifs is 2. The summed E-state index contributed by atoms with van der Waals surface area (Å²) in [6.07, 6.45) is 4.49. The Labute approximate surface area is 308 Å². The third-order valence-corrected chi connectivity index (χ3v) is 10.5. The van der Waals surface area contributed by atoms with Gasteiger partial charge in [0.1, 0.15) is 5.69 Å². The van der Waals surface area contributed by atoms with Crippen LogP contribution in [0.15, 0.2) is 46.8 Å². The summed E-state index contributed by atoms with van der Waals surface area (Å²) >= 11 is 0. The van der Waals surface area contributed by atoms with Crippen molar-refractivity contribution in [2.24, 2.45) is 10.2 Å². The summed E-state index contributed by atoms with van der Waals surface area (Å²) in [5.41, 5.74) is -7.75. The van der Waals surface area contributed by atoms with Gasteiger partial charge in [0.2, 0.25) is 0 Å². The summed E-state index contributed by atoms with van der Waals surface area (Å²) in [7, 11) is -11.1. The van der Waals surface area contributed by atoms with E-state index in [2.05, 4.69) is 20.2 Å². The third kappa shape index (κ3) is 9.87. The quantitative estimate of drug-likeness (QED) is 0.122. The van der Waals surface area contributed by atoms with Gasteiger partial charge in [-0.25, -0.2) is 14.8 Å². The maximum atomic E-state index is 13.0. The number of azo groups is 1. The topological polar surface area (TPSA) is 176 Å². The summed E-state index contributed by atoms with van der Waals surface area (Å²) in [5, 5.41) is 7.77. The molecular weight excluding hydrogens is 771 g/mol. The Morgan fingerprint density at radius 1 is 0.833 bits per heavy atom. The molecule has 0 amide bonds. The lowest BCUT2D eigenvalue weighted by Crippen LogP contribution is -2.31. The standard InChI is InChI=1S/C20H23F3N6O4S.C12H15F3N2O2S/c1-4-29-8-6-7-13-9-15(16(10-17(13)29)28-34(31,32)20(21,22)23)26-27-19-24-11-14(12(3)25-19)18(30)33-5-2;1-2-17-7-3-4-9-5-6-10(8-11(9)17)16-20(18,19)12(13,14)15/h9-11,28H,4-8H2,1-3H3;5-6,8,16H,2-4,7H2,1H3. The first-order valence-corrected chi connectivity index (χ1v) is 19.6. The zero-order valence-electron chi connectivity index (χ0n) is 29.5. The van der Waals surface area contributed by atoms with Gasteiger partial charge in [-0.1, -0.05) is 6.07 Å². The van der Waals surface area contributed by atoms with Crippen molar-refractivity contribution in [1.82, 2.24) is 9.97 Å². The van der Waals surface area contributed by atoms with Crippen molar-refractivity contribution in [2.45, 2.75) is 64.4 Å². The van der Waals surface area contributed by atoms with Gasteiger partial charge in [-0.05, 0) is 88.8 Å². The first-order valence-electron chi connectivity index (χ1n) is 16.6. The molecule has 0 radical (unpaired) electrons. The molecule has 0 saturated heterocycles. The van der Waals surface area contributed by atoms with Crippen molar-refractivity contribution in [3.05, 3.63) is 58.9 Å². The van der Waals surface area contributed by atoms with Crippen LogP contribution in [-0.4, -0.2) is 76.6 Å². The lowest BCUT2D eigenvalue weighted by Gasteiger charge is -2.31. The Kier molecular flexibility index (Phi) is 13.0. The number of anilines is 4. The molecule has 1 aromatic heterocycles. The second-order valence-electron chi connectivity index (χ2n) is 11.9. The van der Waals surface area contributed by atoms with E-state index in [1.54, 1.807) is 22.4 Å². The molecule has 14 nitrogen and oxygen atoms in total. The van der Waals surface area contributed by atoms with Crippen LogP contribution in [0.3, 0.4) is 0 Å². The third-order valence-electron chi connectivity index (χ3n) is 8.29. The molecule has 2 aromatic carbocycles. The number of nitrogens with zero attached hydrogens (tertiary/aromatic N) is 6. The summed E-state index contributed by atoms with van der Waals surface area (Å²) in [4.78, 5) is 23.8. The van der Waals surface area contributed by atoms with Crippen molar-refractivity contribution in [1.29, 1.82) is 0 Å². The highest BCUT2D eigenvalue weighted by Crippen LogP contribution is 2.39. The second kappa shape index (κ2) is 16.7.